The number of aromatic nitrogens is 4. The minimum Gasteiger partial charge on any atom is -0.465 e. The zero-order valence-electron chi connectivity index (χ0n) is 11.5. The molecule has 20 heavy (non-hydrogen) atoms. The Labute approximate surface area is 115 Å². The number of nitrogens with two attached hydrogens (primary N) is 1. The monoisotopic (exact) mass is 276 g/mol. The average Bonchev–Trinajstić information content (AvgIpc) is 2.96. The molecule has 0 saturated carbocycles. The van der Waals surface area contributed by atoms with Gasteiger partial charge in [0.05, 0.1) is 18.7 Å². The molecule has 0 saturated heterocycles. The molecule has 8 heteroatoms. The normalized spacial score (nSPS) is 11.9. The molecule has 0 spiro atoms. The van der Waals surface area contributed by atoms with Crippen molar-refractivity contribution in [3.63, 3.8) is 0 Å². The van der Waals surface area contributed by atoms with Crippen molar-refractivity contribution < 1.29 is 9.53 Å². The van der Waals surface area contributed by atoms with Crippen LogP contribution < -0.4 is 11.1 Å². The van der Waals surface area contributed by atoms with Crippen LogP contribution in [0.1, 0.15) is 34.7 Å². The summed E-state index contributed by atoms with van der Waals surface area (Å²) in [4.78, 5) is 11.7. The van der Waals surface area contributed by atoms with E-state index in [2.05, 4.69) is 25.9 Å². The number of nitrogens with one attached hydrogen (secondary N) is 2. The summed E-state index contributed by atoms with van der Waals surface area (Å²) >= 11 is 0. The van der Waals surface area contributed by atoms with E-state index in [1.165, 1.54) is 7.11 Å². The number of carbonyl (C=O) groups excluding carboxylic acids is 1. The van der Waals surface area contributed by atoms with Gasteiger partial charge in [0.1, 0.15) is 0 Å². The first-order valence-electron chi connectivity index (χ1n) is 6.01. The number of anilines is 2. The summed E-state index contributed by atoms with van der Waals surface area (Å²) in [7, 11) is 1.32. The van der Waals surface area contributed by atoms with Crippen LogP contribution in [0.3, 0.4) is 0 Å². The molecular weight excluding hydrogens is 260 g/mol. The number of rotatable bonds is 4. The van der Waals surface area contributed by atoms with Crippen LogP contribution in [0, 0.1) is 6.92 Å². The Morgan fingerprint density at radius 2 is 2.25 bits per heavy atom. The molecule has 0 fully saturated rings. The number of esters is 1. The van der Waals surface area contributed by atoms with Crippen LogP contribution >= 0.6 is 0 Å². The Morgan fingerprint density at radius 1 is 1.50 bits per heavy atom. The Kier molecular flexibility index (Phi) is 3.83. The molecule has 1 atom stereocenters. The topological polar surface area (TPSA) is 119 Å². The van der Waals surface area contributed by atoms with E-state index in [0.29, 0.717) is 17.1 Å². The van der Waals surface area contributed by atoms with Crippen LogP contribution in [0.25, 0.3) is 0 Å². The molecule has 0 aliphatic heterocycles. The molecule has 2 aromatic rings. The lowest BCUT2D eigenvalue weighted by Crippen LogP contribution is -2.12. The van der Waals surface area contributed by atoms with Crippen molar-refractivity contribution in [1.29, 1.82) is 0 Å². The van der Waals surface area contributed by atoms with E-state index in [1.54, 1.807) is 6.07 Å². The molecule has 4 N–H and O–H groups in total. The van der Waals surface area contributed by atoms with Gasteiger partial charge in [-0.15, -0.1) is 10.2 Å². The minimum absolute atomic E-state index is 0.165. The average molecular weight is 276 g/mol. The maximum atomic E-state index is 11.7. The predicted molar refractivity (Wildman–Crippen MR) is 73.1 cm³/mol. The van der Waals surface area contributed by atoms with E-state index < -0.39 is 5.97 Å². The van der Waals surface area contributed by atoms with E-state index in [0.717, 1.165) is 11.3 Å². The second-order valence-electron chi connectivity index (χ2n) is 4.38. The van der Waals surface area contributed by atoms with Gasteiger partial charge in [0, 0.05) is 11.4 Å². The number of carbonyl (C=O) groups is 1. The summed E-state index contributed by atoms with van der Waals surface area (Å²) in [5, 5.41) is 16.9. The standard InChI is InChI=1S/C12H16N6O2/c1-6-4-8(5-9(10(6)13)12(19)20-3)14-7(2)11-15-17-18-16-11/h4-5,7,14H,13H2,1-3H3,(H,15,16,17,18). The molecule has 1 heterocycles. The van der Waals surface area contributed by atoms with Crippen LogP contribution in [-0.4, -0.2) is 33.7 Å². The number of H-pyrrole nitrogens is 1. The van der Waals surface area contributed by atoms with Crippen molar-refractivity contribution >= 4 is 17.3 Å². The minimum atomic E-state index is -0.471. The van der Waals surface area contributed by atoms with Gasteiger partial charge in [0.2, 0.25) is 0 Å². The lowest BCUT2D eigenvalue weighted by atomic mass is 10.1. The summed E-state index contributed by atoms with van der Waals surface area (Å²) in [6.45, 7) is 3.71. The third-order valence-corrected chi connectivity index (χ3v) is 2.92. The lowest BCUT2D eigenvalue weighted by Gasteiger charge is -2.15. The van der Waals surface area contributed by atoms with Crippen LogP contribution in [0.2, 0.25) is 0 Å². The fourth-order valence-corrected chi connectivity index (χ4v) is 1.83. The quantitative estimate of drug-likeness (QED) is 0.564. The molecule has 0 aliphatic rings. The second kappa shape index (κ2) is 5.55. The lowest BCUT2D eigenvalue weighted by molar-refractivity contribution is 0.0602. The molecular formula is C12H16N6O2. The van der Waals surface area contributed by atoms with Crippen molar-refractivity contribution in [1.82, 2.24) is 20.6 Å². The van der Waals surface area contributed by atoms with Gasteiger partial charge in [-0.25, -0.2) is 4.79 Å². The molecule has 0 radical (unpaired) electrons. The maximum Gasteiger partial charge on any atom is 0.340 e. The fourth-order valence-electron chi connectivity index (χ4n) is 1.83. The number of hydrogen-bond donors (Lipinski definition) is 3. The molecule has 0 aliphatic carbocycles. The number of methoxy groups -OCH3 is 1. The number of aryl methyl sites for hydroxylation is 1. The maximum absolute atomic E-state index is 11.7. The van der Waals surface area contributed by atoms with Gasteiger partial charge in [0.15, 0.2) is 5.82 Å². The van der Waals surface area contributed by atoms with Crippen LogP contribution in [0.4, 0.5) is 11.4 Å². The van der Waals surface area contributed by atoms with E-state index in [4.69, 9.17) is 10.5 Å². The van der Waals surface area contributed by atoms with Crippen LogP contribution in [0.15, 0.2) is 12.1 Å². The molecule has 1 unspecified atom stereocenters. The smallest absolute Gasteiger partial charge is 0.340 e. The summed E-state index contributed by atoms with van der Waals surface area (Å²) in [6, 6.07) is 3.32. The predicted octanol–water partition coefficient (Wildman–Crippen LogP) is 1.05. The Hall–Kier alpha value is -2.64. The van der Waals surface area contributed by atoms with E-state index in [9.17, 15) is 4.79 Å². The molecule has 2 rings (SSSR count). The van der Waals surface area contributed by atoms with Gasteiger partial charge in [-0.3, -0.25) is 0 Å². The fraction of sp³-hybridized carbons (Fsp3) is 0.333. The second-order valence-corrected chi connectivity index (χ2v) is 4.38. The summed E-state index contributed by atoms with van der Waals surface area (Å²) in [5.74, 6) is 0.0561. The molecule has 8 nitrogen and oxygen atoms in total. The molecule has 0 amide bonds. The number of benzene rings is 1. The highest BCUT2D eigenvalue weighted by molar-refractivity contribution is 5.97. The Balaban J connectivity index is 2.29. The first-order chi connectivity index (χ1) is 9.52. The highest BCUT2D eigenvalue weighted by Crippen LogP contribution is 2.25. The third kappa shape index (κ3) is 2.68. The largest absolute Gasteiger partial charge is 0.465 e. The van der Waals surface area contributed by atoms with Gasteiger partial charge in [-0.05, 0) is 31.5 Å². The molecule has 0 bridgehead atoms. The van der Waals surface area contributed by atoms with Crippen LogP contribution in [-0.2, 0) is 4.74 Å². The van der Waals surface area contributed by atoms with Crippen molar-refractivity contribution in [2.45, 2.75) is 19.9 Å². The zero-order chi connectivity index (χ0) is 14.7. The van der Waals surface area contributed by atoms with Crippen LogP contribution in [0.5, 0.6) is 0 Å². The highest BCUT2D eigenvalue weighted by atomic mass is 16.5. The van der Waals surface area contributed by atoms with Crippen molar-refractivity contribution in [3.8, 4) is 0 Å². The number of aromatic amines is 1. The number of ether oxygens (including phenoxy) is 1. The zero-order valence-corrected chi connectivity index (χ0v) is 11.5. The first-order valence-corrected chi connectivity index (χ1v) is 6.01. The van der Waals surface area contributed by atoms with Gasteiger partial charge in [0.25, 0.3) is 0 Å². The third-order valence-electron chi connectivity index (χ3n) is 2.92. The number of tetrazole rings is 1. The van der Waals surface area contributed by atoms with Crippen molar-refractivity contribution in [2.75, 3.05) is 18.2 Å². The van der Waals surface area contributed by atoms with Crippen molar-refractivity contribution in [3.05, 3.63) is 29.1 Å². The SMILES string of the molecule is COC(=O)c1cc(NC(C)c2nn[nH]n2)cc(C)c1N. The first kappa shape index (κ1) is 13.8. The number of nitrogens with zero attached hydrogens (tertiary/aromatic N) is 3. The number of nitrogen functional groups attached to an aromatic ring is 1. The van der Waals surface area contributed by atoms with Gasteiger partial charge in [-0.1, -0.05) is 5.21 Å². The van der Waals surface area contributed by atoms with E-state index in [1.807, 2.05) is 19.9 Å². The molecule has 106 valence electrons. The molecule has 1 aromatic carbocycles. The summed E-state index contributed by atoms with van der Waals surface area (Å²) in [5.41, 5.74) is 8.14. The Bertz CT molecular complexity index is 611. The van der Waals surface area contributed by atoms with Crippen molar-refractivity contribution in [2.24, 2.45) is 0 Å². The van der Waals surface area contributed by atoms with E-state index in [-0.39, 0.29) is 6.04 Å². The van der Waals surface area contributed by atoms with Gasteiger partial charge >= 0.3 is 5.97 Å². The summed E-state index contributed by atoms with van der Waals surface area (Å²) in [6.07, 6.45) is 0. The van der Waals surface area contributed by atoms with Gasteiger partial charge < -0.3 is 15.8 Å². The van der Waals surface area contributed by atoms with Gasteiger partial charge in [-0.2, -0.15) is 5.21 Å². The summed E-state index contributed by atoms with van der Waals surface area (Å²) < 4.78 is 4.72. The van der Waals surface area contributed by atoms with E-state index >= 15 is 0 Å². The molecule has 1 aromatic heterocycles. The highest BCUT2D eigenvalue weighted by Gasteiger charge is 2.16. The number of hydrogen-bond acceptors (Lipinski definition) is 7. The Morgan fingerprint density at radius 3 is 2.85 bits per heavy atom.